The molecule has 0 aromatic carbocycles. The maximum absolute atomic E-state index is 4.53. The summed E-state index contributed by atoms with van der Waals surface area (Å²) in [5.74, 6) is 0. The number of aromatic nitrogens is 2. The Kier molecular flexibility index (Phi) is 7.90. The molecule has 0 bridgehead atoms. The molecule has 3 nitrogen and oxygen atoms in total. The first-order valence-corrected chi connectivity index (χ1v) is 8.29. The number of nitrogens with zero attached hydrogens (tertiary/aromatic N) is 2. The number of hydrogen-bond acceptors (Lipinski definition) is 2. The third-order valence-electron chi connectivity index (χ3n) is 4.36. The van der Waals surface area contributed by atoms with Gasteiger partial charge in [-0.05, 0) is 27.3 Å². The fourth-order valence-electron chi connectivity index (χ4n) is 3.03. The molecule has 0 fully saturated rings. The Labute approximate surface area is 125 Å². The summed E-state index contributed by atoms with van der Waals surface area (Å²) in [5.41, 5.74) is 3.87. The number of aryl methyl sites for hydroxylation is 2. The second kappa shape index (κ2) is 9.17. The summed E-state index contributed by atoms with van der Waals surface area (Å²) in [6.07, 6.45) is 10.8. The summed E-state index contributed by atoms with van der Waals surface area (Å²) in [6.45, 7) is 6.57. The monoisotopic (exact) mass is 279 g/mol. The Morgan fingerprint density at radius 1 is 1.05 bits per heavy atom. The van der Waals surface area contributed by atoms with Gasteiger partial charge in [0.25, 0.3) is 0 Å². The van der Waals surface area contributed by atoms with Gasteiger partial charge in [-0.1, -0.05) is 51.9 Å². The Bertz CT molecular complexity index is 382. The molecular formula is C17H33N3. The lowest BCUT2D eigenvalue weighted by atomic mass is 9.98. The number of unbranched alkanes of at least 4 members (excludes halogenated alkanes) is 6. The third kappa shape index (κ3) is 4.93. The van der Waals surface area contributed by atoms with Crippen LogP contribution in [0.1, 0.15) is 81.3 Å². The van der Waals surface area contributed by atoms with Crippen molar-refractivity contribution in [2.24, 2.45) is 7.05 Å². The highest BCUT2D eigenvalue weighted by Gasteiger charge is 2.18. The Morgan fingerprint density at radius 3 is 2.15 bits per heavy atom. The van der Waals surface area contributed by atoms with Crippen LogP contribution in [0.5, 0.6) is 0 Å². The SMILES string of the molecule is CCCCCCCCCC(NC)c1c(C)nn(C)c1C. The molecule has 20 heavy (non-hydrogen) atoms. The van der Waals surface area contributed by atoms with Gasteiger partial charge in [-0.3, -0.25) is 4.68 Å². The minimum atomic E-state index is 0.458. The summed E-state index contributed by atoms with van der Waals surface area (Å²) >= 11 is 0. The number of hydrogen-bond donors (Lipinski definition) is 1. The van der Waals surface area contributed by atoms with E-state index in [-0.39, 0.29) is 0 Å². The van der Waals surface area contributed by atoms with E-state index >= 15 is 0 Å². The van der Waals surface area contributed by atoms with E-state index in [4.69, 9.17) is 0 Å². The molecule has 116 valence electrons. The highest BCUT2D eigenvalue weighted by atomic mass is 15.3. The van der Waals surface area contributed by atoms with Gasteiger partial charge in [0, 0.05) is 24.3 Å². The van der Waals surface area contributed by atoms with Crippen LogP contribution >= 0.6 is 0 Å². The van der Waals surface area contributed by atoms with Gasteiger partial charge in [0.15, 0.2) is 0 Å². The molecule has 1 rings (SSSR count). The molecule has 3 heteroatoms. The van der Waals surface area contributed by atoms with E-state index in [1.807, 2.05) is 11.7 Å². The second-order valence-electron chi connectivity index (χ2n) is 5.96. The standard InChI is InChI=1S/C17H33N3/c1-6-7-8-9-10-11-12-13-16(18-4)17-14(2)19-20(5)15(17)3/h16,18H,6-13H2,1-5H3. The second-order valence-corrected chi connectivity index (χ2v) is 5.96. The molecular weight excluding hydrogens is 246 g/mol. The molecule has 0 radical (unpaired) electrons. The summed E-state index contributed by atoms with van der Waals surface area (Å²) in [7, 11) is 4.10. The van der Waals surface area contributed by atoms with E-state index in [1.165, 1.54) is 68.3 Å². The van der Waals surface area contributed by atoms with E-state index in [0.717, 1.165) is 0 Å². The zero-order valence-corrected chi connectivity index (χ0v) is 14.1. The van der Waals surface area contributed by atoms with E-state index in [1.54, 1.807) is 0 Å². The van der Waals surface area contributed by atoms with Gasteiger partial charge in [-0.15, -0.1) is 0 Å². The van der Waals surface area contributed by atoms with E-state index in [0.29, 0.717) is 6.04 Å². The highest BCUT2D eigenvalue weighted by Crippen LogP contribution is 2.25. The first-order valence-electron chi connectivity index (χ1n) is 8.29. The van der Waals surface area contributed by atoms with Crippen LogP contribution in [-0.2, 0) is 7.05 Å². The summed E-state index contributed by atoms with van der Waals surface area (Å²) in [5, 5.41) is 8.01. The van der Waals surface area contributed by atoms with Crippen molar-refractivity contribution in [1.82, 2.24) is 15.1 Å². The maximum Gasteiger partial charge on any atom is 0.0644 e. The lowest BCUT2D eigenvalue weighted by Crippen LogP contribution is -2.18. The quantitative estimate of drug-likeness (QED) is 0.642. The molecule has 0 spiro atoms. The summed E-state index contributed by atoms with van der Waals surface area (Å²) in [4.78, 5) is 0. The average Bonchev–Trinajstić information content (AvgIpc) is 2.68. The van der Waals surface area contributed by atoms with Gasteiger partial charge in [0.2, 0.25) is 0 Å². The molecule has 1 aromatic heterocycles. The van der Waals surface area contributed by atoms with Gasteiger partial charge in [-0.2, -0.15) is 5.10 Å². The fraction of sp³-hybridized carbons (Fsp3) is 0.824. The van der Waals surface area contributed by atoms with E-state index in [2.05, 4.69) is 38.2 Å². The fourth-order valence-corrected chi connectivity index (χ4v) is 3.03. The highest BCUT2D eigenvalue weighted by molar-refractivity contribution is 5.28. The molecule has 0 aliphatic heterocycles. The molecule has 0 aliphatic carbocycles. The van der Waals surface area contributed by atoms with Crippen molar-refractivity contribution in [1.29, 1.82) is 0 Å². The van der Waals surface area contributed by atoms with Crippen molar-refractivity contribution >= 4 is 0 Å². The first kappa shape index (κ1) is 17.2. The zero-order chi connectivity index (χ0) is 15.0. The molecule has 1 aromatic rings. The third-order valence-corrected chi connectivity index (χ3v) is 4.36. The van der Waals surface area contributed by atoms with E-state index < -0.39 is 0 Å². The minimum Gasteiger partial charge on any atom is -0.313 e. The van der Waals surface area contributed by atoms with Crippen molar-refractivity contribution < 1.29 is 0 Å². The molecule has 1 unspecified atom stereocenters. The molecule has 1 atom stereocenters. The molecule has 0 amide bonds. The predicted molar refractivity (Wildman–Crippen MR) is 87.1 cm³/mol. The summed E-state index contributed by atoms with van der Waals surface area (Å²) in [6, 6.07) is 0.458. The van der Waals surface area contributed by atoms with Crippen molar-refractivity contribution in [2.75, 3.05) is 7.05 Å². The van der Waals surface area contributed by atoms with Gasteiger partial charge in [-0.25, -0.2) is 0 Å². The van der Waals surface area contributed by atoms with Crippen LogP contribution in [0.15, 0.2) is 0 Å². The topological polar surface area (TPSA) is 29.9 Å². The Morgan fingerprint density at radius 2 is 1.65 bits per heavy atom. The van der Waals surface area contributed by atoms with Crippen molar-refractivity contribution in [3.05, 3.63) is 17.0 Å². The van der Waals surface area contributed by atoms with Crippen molar-refractivity contribution in [2.45, 2.75) is 78.2 Å². The first-order chi connectivity index (χ1) is 9.61. The van der Waals surface area contributed by atoms with Crippen LogP contribution in [-0.4, -0.2) is 16.8 Å². The van der Waals surface area contributed by atoms with Crippen LogP contribution in [0, 0.1) is 13.8 Å². The minimum absolute atomic E-state index is 0.458. The number of nitrogens with one attached hydrogen (secondary N) is 1. The average molecular weight is 279 g/mol. The Balaban J connectivity index is 2.36. The van der Waals surface area contributed by atoms with Gasteiger partial charge < -0.3 is 5.32 Å². The van der Waals surface area contributed by atoms with Crippen molar-refractivity contribution in [3.63, 3.8) is 0 Å². The molecule has 1 heterocycles. The van der Waals surface area contributed by atoms with Crippen LogP contribution in [0.2, 0.25) is 0 Å². The molecule has 1 N–H and O–H groups in total. The number of rotatable bonds is 10. The van der Waals surface area contributed by atoms with Crippen LogP contribution in [0.25, 0.3) is 0 Å². The van der Waals surface area contributed by atoms with E-state index in [9.17, 15) is 0 Å². The smallest absolute Gasteiger partial charge is 0.0644 e. The lowest BCUT2D eigenvalue weighted by Gasteiger charge is -2.17. The van der Waals surface area contributed by atoms with Crippen molar-refractivity contribution in [3.8, 4) is 0 Å². The van der Waals surface area contributed by atoms with Crippen LogP contribution in [0.4, 0.5) is 0 Å². The van der Waals surface area contributed by atoms with Gasteiger partial charge in [0.05, 0.1) is 5.69 Å². The Hall–Kier alpha value is -0.830. The molecule has 0 saturated heterocycles. The molecule has 0 aliphatic rings. The van der Waals surface area contributed by atoms with Gasteiger partial charge in [0.1, 0.15) is 0 Å². The lowest BCUT2D eigenvalue weighted by molar-refractivity contribution is 0.492. The zero-order valence-electron chi connectivity index (χ0n) is 14.1. The largest absolute Gasteiger partial charge is 0.313 e. The van der Waals surface area contributed by atoms with Crippen LogP contribution in [0.3, 0.4) is 0 Å². The normalized spacial score (nSPS) is 12.8. The maximum atomic E-state index is 4.53. The van der Waals surface area contributed by atoms with Gasteiger partial charge >= 0.3 is 0 Å². The summed E-state index contributed by atoms with van der Waals surface area (Å²) < 4.78 is 2.00. The van der Waals surface area contributed by atoms with Crippen LogP contribution < -0.4 is 5.32 Å². The predicted octanol–water partition coefficient (Wildman–Crippen LogP) is 4.44. The molecule has 0 saturated carbocycles.